The van der Waals surface area contributed by atoms with Crippen LogP contribution >= 0.6 is 11.3 Å². The van der Waals surface area contributed by atoms with Crippen molar-refractivity contribution in [2.24, 2.45) is 5.92 Å². The van der Waals surface area contributed by atoms with E-state index in [0.29, 0.717) is 22.4 Å². The second-order valence-corrected chi connectivity index (χ2v) is 6.77. The number of nitrogens with one attached hydrogen (secondary N) is 1. The number of aromatic nitrogens is 1. The lowest BCUT2D eigenvalue weighted by Crippen LogP contribution is -2.20. The Morgan fingerprint density at radius 1 is 1.52 bits per heavy atom. The first-order valence-electron chi connectivity index (χ1n) is 7.56. The number of rotatable bonds is 4. The number of anilines is 1. The average Bonchev–Trinajstić information content (AvgIpc) is 2.94. The fraction of sp³-hybridized carbons (Fsp3) is 0.353. The minimum Gasteiger partial charge on any atom is -0.482 e. The van der Waals surface area contributed by atoms with Gasteiger partial charge in [-0.2, -0.15) is 5.26 Å². The molecular weight excluding hydrogens is 310 g/mol. The third kappa shape index (κ3) is 3.69. The van der Waals surface area contributed by atoms with Crippen LogP contribution in [0.5, 0.6) is 5.75 Å². The molecule has 0 bridgehead atoms. The molecular formula is C17H17N3O2S. The number of carbonyl (C=O) groups is 1. The summed E-state index contributed by atoms with van der Waals surface area (Å²) in [5, 5.41) is 12.4. The molecule has 1 amide bonds. The number of carbonyl (C=O) groups excluding carboxylic acids is 1. The molecule has 1 heterocycles. The molecule has 1 aliphatic rings. The second-order valence-electron chi connectivity index (χ2n) is 5.68. The lowest BCUT2D eigenvalue weighted by atomic mass is 9.93. The van der Waals surface area contributed by atoms with Crippen LogP contribution in [-0.2, 0) is 17.6 Å². The number of fused-ring (bicyclic) bond motifs is 1. The van der Waals surface area contributed by atoms with Gasteiger partial charge < -0.3 is 4.74 Å². The van der Waals surface area contributed by atoms with Crippen LogP contribution < -0.4 is 10.1 Å². The first-order chi connectivity index (χ1) is 11.2. The van der Waals surface area contributed by atoms with Gasteiger partial charge in [0.05, 0.1) is 11.3 Å². The Labute approximate surface area is 138 Å². The number of nitrogens with zero attached hydrogens (tertiary/aromatic N) is 2. The zero-order chi connectivity index (χ0) is 16.2. The zero-order valence-electron chi connectivity index (χ0n) is 12.8. The van der Waals surface area contributed by atoms with Gasteiger partial charge in [0.15, 0.2) is 11.7 Å². The van der Waals surface area contributed by atoms with Crippen molar-refractivity contribution in [3.05, 3.63) is 40.4 Å². The molecule has 0 unspecified atom stereocenters. The van der Waals surface area contributed by atoms with Gasteiger partial charge in [-0.25, -0.2) is 4.98 Å². The molecule has 118 valence electrons. The maximum absolute atomic E-state index is 12.0. The Kier molecular flexibility index (Phi) is 4.58. The molecule has 1 aromatic heterocycles. The molecule has 1 N–H and O–H groups in total. The number of hydrogen-bond acceptors (Lipinski definition) is 5. The molecule has 3 rings (SSSR count). The van der Waals surface area contributed by atoms with Crippen molar-refractivity contribution < 1.29 is 9.53 Å². The molecule has 1 aromatic carbocycles. The Bertz CT molecular complexity index is 763. The number of nitriles is 1. The standard InChI is InChI=1S/C17H17N3O2S/c1-11-6-7-13-15(8-11)23-17(19-13)20-16(21)10-22-14-5-3-2-4-12(14)9-18/h2-5,11H,6-8,10H2,1H3,(H,19,20,21)/t11-/m0/s1. The van der Waals surface area contributed by atoms with Crippen LogP contribution in [0.1, 0.15) is 29.5 Å². The summed E-state index contributed by atoms with van der Waals surface area (Å²) < 4.78 is 5.42. The van der Waals surface area contributed by atoms with Crippen molar-refractivity contribution in [3.8, 4) is 11.8 Å². The number of amides is 1. The zero-order valence-corrected chi connectivity index (χ0v) is 13.7. The average molecular weight is 327 g/mol. The first-order valence-corrected chi connectivity index (χ1v) is 8.37. The lowest BCUT2D eigenvalue weighted by molar-refractivity contribution is -0.118. The first kappa shape index (κ1) is 15.5. The van der Waals surface area contributed by atoms with Gasteiger partial charge in [-0.05, 0) is 37.3 Å². The Morgan fingerprint density at radius 2 is 2.35 bits per heavy atom. The van der Waals surface area contributed by atoms with Crippen LogP contribution in [0.4, 0.5) is 5.13 Å². The van der Waals surface area contributed by atoms with Crippen molar-refractivity contribution >= 4 is 22.4 Å². The molecule has 1 atom stereocenters. The third-order valence-electron chi connectivity index (χ3n) is 3.80. The molecule has 0 spiro atoms. The number of thiazole rings is 1. The smallest absolute Gasteiger partial charge is 0.264 e. The van der Waals surface area contributed by atoms with E-state index in [1.165, 1.54) is 4.88 Å². The Hall–Kier alpha value is -2.39. The maximum Gasteiger partial charge on any atom is 0.264 e. The molecule has 0 fully saturated rings. The summed E-state index contributed by atoms with van der Waals surface area (Å²) in [5.41, 5.74) is 1.53. The van der Waals surface area contributed by atoms with E-state index in [1.807, 2.05) is 6.07 Å². The summed E-state index contributed by atoms with van der Waals surface area (Å²) in [5.74, 6) is 0.826. The predicted octanol–water partition coefficient (Wildman–Crippen LogP) is 3.16. The molecule has 0 saturated heterocycles. The highest BCUT2D eigenvalue weighted by Gasteiger charge is 2.20. The van der Waals surface area contributed by atoms with Gasteiger partial charge in [0, 0.05) is 4.88 Å². The number of hydrogen-bond donors (Lipinski definition) is 1. The Morgan fingerprint density at radius 3 is 3.17 bits per heavy atom. The summed E-state index contributed by atoms with van der Waals surface area (Å²) in [6.07, 6.45) is 3.17. The fourth-order valence-electron chi connectivity index (χ4n) is 2.58. The van der Waals surface area contributed by atoms with E-state index in [9.17, 15) is 4.79 Å². The number of aryl methyl sites for hydroxylation is 1. The quantitative estimate of drug-likeness (QED) is 0.936. The number of ether oxygens (including phenoxy) is 1. The topological polar surface area (TPSA) is 75.0 Å². The molecule has 5 nitrogen and oxygen atoms in total. The van der Waals surface area contributed by atoms with Crippen LogP contribution in [0, 0.1) is 17.2 Å². The van der Waals surface area contributed by atoms with E-state index in [-0.39, 0.29) is 12.5 Å². The SMILES string of the molecule is C[C@H]1CCc2nc(NC(=O)COc3ccccc3C#N)sc2C1. The van der Waals surface area contributed by atoms with Crippen LogP contribution in [0.2, 0.25) is 0 Å². The molecule has 1 aliphatic carbocycles. The molecule has 0 aliphatic heterocycles. The summed E-state index contributed by atoms with van der Waals surface area (Å²) in [4.78, 5) is 17.8. The fourth-order valence-corrected chi connectivity index (χ4v) is 3.76. The second kappa shape index (κ2) is 6.80. The van der Waals surface area contributed by atoms with Gasteiger partial charge in [-0.1, -0.05) is 19.1 Å². The number of benzene rings is 1. The van der Waals surface area contributed by atoms with E-state index in [0.717, 1.165) is 25.0 Å². The van der Waals surface area contributed by atoms with Gasteiger partial charge in [-0.3, -0.25) is 10.1 Å². The minimum atomic E-state index is -0.267. The normalized spacial score (nSPS) is 16.3. The summed E-state index contributed by atoms with van der Waals surface area (Å²) >= 11 is 1.55. The molecule has 0 saturated carbocycles. The molecule has 0 radical (unpaired) electrons. The highest BCUT2D eigenvalue weighted by atomic mass is 32.1. The van der Waals surface area contributed by atoms with Crippen LogP contribution in [-0.4, -0.2) is 17.5 Å². The predicted molar refractivity (Wildman–Crippen MR) is 88.6 cm³/mol. The maximum atomic E-state index is 12.0. The number of para-hydroxylation sites is 1. The third-order valence-corrected chi connectivity index (χ3v) is 4.83. The van der Waals surface area contributed by atoms with Gasteiger partial charge in [0.25, 0.3) is 5.91 Å². The van der Waals surface area contributed by atoms with Crippen LogP contribution in [0.25, 0.3) is 0 Å². The lowest BCUT2D eigenvalue weighted by Gasteiger charge is -2.15. The summed E-state index contributed by atoms with van der Waals surface area (Å²) in [6, 6.07) is 8.90. The van der Waals surface area contributed by atoms with Crippen molar-refractivity contribution in [2.75, 3.05) is 11.9 Å². The summed E-state index contributed by atoms with van der Waals surface area (Å²) in [6.45, 7) is 2.10. The van der Waals surface area contributed by atoms with Crippen LogP contribution in [0.3, 0.4) is 0 Å². The van der Waals surface area contributed by atoms with Crippen LogP contribution in [0.15, 0.2) is 24.3 Å². The van der Waals surface area contributed by atoms with Gasteiger partial charge in [0.2, 0.25) is 0 Å². The van der Waals surface area contributed by atoms with Gasteiger partial charge >= 0.3 is 0 Å². The molecule has 23 heavy (non-hydrogen) atoms. The minimum absolute atomic E-state index is 0.140. The van der Waals surface area contributed by atoms with E-state index >= 15 is 0 Å². The van der Waals surface area contributed by atoms with E-state index in [2.05, 4.69) is 17.2 Å². The van der Waals surface area contributed by atoms with E-state index in [1.54, 1.807) is 35.6 Å². The van der Waals surface area contributed by atoms with Crippen molar-refractivity contribution in [3.63, 3.8) is 0 Å². The highest BCUT2D eigenvalue weighted by Crippen LogP contribution is 2.32. The largest absolute Gasteiger partial charge is 0.482 e. The van der Waals surface area contributed by atoms with Gasteiger partial charge in [-0.15, -0.1) is 11.3 Å². The molecule has 6 heteroatoms. The van der Waals surface area contributed by atoms with Crippen molar-refractivity contribution in [1.82, 2.24) is 4.98 Å². The highest BCUT2D eigenvalue weighted by molar-refractivity contribution is 7.15. The Balaban J connectivity index is 1.59. The summed E-state index contributed by atoms with van der Waals surface area (Å²) in [7, 11) is 0. The van der Waals surface area contributed by atoms with E-state index in [4.69, 9.17) is 10.00 Å². The molecule has 2 aromatic rings. The van der Waals surface area contributed by atoms with E-state index < -0.39 is 0 Å². The van der Waals surface area contributed by atoms with Gasteiger partial charge in [0.1, 0.15) is 11.8 Å². The van der Waals surface area contributed by atoms with Crippen molar-refractivity contribution in [2.45, 2.75) is 26.2 Å². The monoisotopic (exact) mass is 327 g/mol. The van der Waals surface area contributed by atoms with Crippen molar-refractivity contribution in [1.29, 1.82) is 5.26 Å².